The molecule has 2 amide bonds. The number of amides is 2. The highest BCUT2D eigenvalue weighted by Gasteiger charge is 2.39. The number of rotatable bonds is 18. The van der Waals surface area contributed by atoms with Gasteiger partial charge in [-0.2, -0.15) is 0 Å². The Kier molecular flexibility index (Phi) is 13.9. The van der Waals surface area contributed by atoms with E-state index in [-0.39, 0.29) is 29.9 Å². The van der Waals surface area contributed by atoms with E-state index in [1.165, 1.54) is 4.90 Å². The molecular formula is C39H51NO3. The van der Waals surface area contributed by atoms with Crippen molar-refractivity contribution in [3.8, 4) is 0 Å². The minimum atomic E-state index is -0.304. The van der Waals surface area contributed by atoms with Gasteiger partial charge in [-0.25, -0.2) is 0 Å². The van der Waals surface area contributed by atoms with Gasteiger partial charge in [0, 0.05) is 23.5 Å². The molecule has 230 valence electrons. The Morgan fingerprint density at radius 2 is 1.44 bits per heavy atom. The molecule has 1 heterocycles. The summed E-state index contributed by atoms with van der Waals surface area (Å²) in [7, 11) is 0. The normalized spacial score (nSPS) is 17.1. The topological polar surface area (TPSA) is 54.5 Å². The van der Waals surface area contributed by atoms with Gasteiger partial charge in [0.1, 0.15) is 0 Å². The molecule has 0 saturated carbocycles. The summed E-state index contributed by atoms with van der Waals surface area (Å²) >= 11 is 0. The zero-order valence-corrected chi connectivity index (χ0v) is 26.7. The molecule has 0 N–H and O–H groups in total. The number of hydrogen-bond donors (Lipinski definition) is 0. The van der Waals surface area contributed by atoms with Crippen molar-refractivity contribution in [1.29, 1.82) is 0 Å². The van der Waals surface area contributed by atoms with Crippen LogP contribution in [0.4, 0.5) is 5.69 Å². The van der Waals surface area contributed by atoms with Crippen molar-refractivity contribution in [3.05, 3.63) is 103 Å². The molecule has 0 spiro atoms. The van der Waals surface area contributed by atoms with E-state index in [0.29, 0.717) is 46.9 Å². The zero-order valence-electron chi connectivity index (χ0n) is 26.7. The minimum Gasteiger partial charge on any atom is -0.289 e. The predicted molar refractivity (Wildman–Crippen MR) is 179 cm³/mol. The summed E-state index contributed by atoms with van der Waals surface area (Å²) in [5, 5.41) is 0. The first-order valence-electron chi connectivity index (χ1n) is 16.2. The van der Waals surface area contributed by atoms with Crippen molar-refractivity contribution in [2.45, 2.75) is 85.5 Å². The summed E-state index contributed by atoms with van der Waals surface area (Å²) in [6.45, 7) is 13.1. The molecule has 4 nitrogen and oxygen atoms in total. The summed E-state index contributed by atoms with van der Waals surface area (Å²) in [5.74, 6) is 1.50. The Hall–Kier alpha value is -3.53. The lowest BCUT2D eigenvalue weighted by atomic mass is 9.84. The number of hydrogen-bond acceptors (Lipinski definition) is 3. The quantitative estimate of drug-likeness (QED) is 0.100. The van der Waals surface area contributed by atoms with Crippen LogP contribution >= 0.6 is 0 Å². The van der Waals surface area contributed by atoms with Crippen LogP contribution in [0.15, 0.2) is 91.6 Å². The highest BCUT2D eigenvalue weighted by Crippen LogP contribution is 2.33. The number of anilines is 1. The Bertz CT molecular complexity index is 1240. The fourth-order valence-electron chi connectivity index (χ4n) is 5.69. The SMILES string of the molecule is C=CC(CC/C=C/CC(C)C)CC(C/C=C\CC(C)C)CCC1CC(=O)N(c2ccc(C(=O)c3ccccc3)cc2)C1=O. The van der Waals surface area contributed by atoms with E-state index in [1.807, 2.05) is 18.2 Å². The molecule has 1 aliphatic rings. The highest BCUT2D eigenvalue weighted by molar-refractivity contribution is 6.21. The number of carbonyl (C=O) groups excluding carboxylic acids is 3. The van der Waals surface area contributed by atoms with Gasteiger partial charge in [0.05, 0.1) is 5.69 Å². The number of ketones is 1. The Morgan fingerprint density at radius 3 is 2.07 bits per heavy atom. The van der Waals surface area contributed by atoms with Crippen LogP contribution in [0.2, 0.25) is 0 Å². The standard InChI is InChI=1S/C39H51NO3/c1-6-31(17-10-7-9-15-29(2)3)27-32(18-14-13-16-30(4)5)21-22-35-28-37(41)40(39(35)43)36-25-23-34(24-26-36)38(42)33-19-11-8-12-20-33/h6-9,11-14,19-20,23-26,29-32,35H,1,10,15-18,21-22,27-28H2,2-5H3/b9-7+,14-13-. The molecular weight excluding hydrogens is 530 g/mol. The lowest BCUT2D eigenvalue weighted by Gasteiger charge is -2.22. The molecule has 3 rings (SSSR count). The van der Waals surface area contributed by atoms with E-state index in [0.717, 1.165) is 44.9 Å². The van der Waals surface area contributed by atoms with Gasteiger partial charge in [-0.15, -0.1) is 6.58 Å². The molecule has 2 aromatic rings. The molecule has 3 unspecified atom stereocenters. The first kappa shape index (κ1) is 34.0. The second-order valence-electron chi connectivity index (χ2n) is 12.9. The first-order chi connectivity index (χ1) is 20.7. The third-order valence-electron chi connectivity index (χ3n) is 8.28. The molecule has 43 heavy (non-hydrogen) atoms. The molecule has 1 fully saturated rings. The molecule has 0 aliphatic carbocycles. The summed E-state index contributed by atoms with van der Waals surface area (Å²) < 4.78 is 0. The molecule has 1 aliphatic heterocycles. The number of carbonyl (C=O) groups is 3. The largest absolute Gasteiger partial charge is 0.289 e. The smallest absolute Gasteiger partial charge is 0.237 e. The van der Waals surface area contributed by atoms with Gasteiger partial charge in [0.25, 0.3) is 0 Å². The third kappa shape index (κ3) is 10.9. The van der Waals surface area contributed by atoms with Crippen LogP contribution in [0, 0.1) is 29.6 Å². The van der Waals surface area contributed by atoms with Gasteiger partial charge in [-0.3, -0.25) is 19.3 Å². The van der Waals surface area contributed by atoms with E-state index in [9.17, 15) is 14.4 Å². The molecule has 0 bridgehead atoms. The van der Waals surface area contributed by atoms with Crippen molar-refractivity contribution in [2.75, 3.05) is 4.90 Å². The lowest BCUT2D eigenvalue weighted by molar-refractivity contribution is -0.122. The van der Waals surface area contributed by atoms with Gasteiger partial charge < -0.3 is 0 Å². The van der Waals surface area contributed by atoms with Crippen LogP contribution in [0.25, 0.3) is 0 Å². The van der Waals surface area contributed by atoms with Crippen molar-refractivity contribution in [3.63, 3.8) is 0 Å². The van der Waals surface area contributed by atoms with Crippen LogP contribution < -0.4 is 4.90 Å². The second kappa shape index (κ2) is 17.6. The van der Waals surface area contributed by atoms with Crippen LogP contribution in [-0.2, 0) is 9.59 Å². The van der Waals surface area contributed by atoms with Crippen LogP contribution in [0.1, 0.15) is 101 Å². The maximum atomic E-state index is 13.4. The highest BCUT2D eigenvalue weighted by atomic mass is 16.2. The average molecular weight is 582 g/mol. The van der Waals surface area contributed by atoms with Crippen molar-refractivity contribution >= 4 is 23.3 Å². The Balaban J connectivity index is 1.62. The van der Waals surface area contributed by atoms with Crippen LogP contribution in [-0.4, -0.2) is 17.6 Å². The van der Waals surface area contributed by atoms with E-state index in [4.69, 9.17) is 0 Å². The van der Waals surface area contributed by atoms with E-state index in [1.54, 1.807) is 36.4 Å². The van der Waals surface area contributed by atoms with Crippen molar-refractivity contribution < 1.29 is 14.4 Å². The maximum absolute atomic E-state index is 13.4. The van der Waals surface area contributed by atoms with Crippen LogP contribution in [0.5, 0.6) is 0 Å². The van der Waals surface area contributed by atoms with E-state index in [2.05, 4.69) is 64.7 Å². The molecule has 2 aromatic carbocycles. The van der Waals surface area contributed by atoms with Gasteiger partial charge >= 0.3 is 0 Å². The fourth-order valence-corrected chi connectivity index (χ4v) is 5.69. The fraction of sp³-hybridized carbons (Fsp3) is 0.462. The van der Waals surface area contributed by atoms with Gasteiger partial charge in [0.2, 0.25) is 11.8 Å². The number of benzene rings is 2. The van der Waals surface area contributed by atoms with Crippen molar-refractivity contribution in [2.24, 2.45) is 29.6 Å². The van der Waals surface area contributed by atoms with Crippen molar-refractivity contribution in [1.82, 2.24) is 0 Å². The molecule has 4 heteroatoms. The summed E-state index contributed by atoms with van der Waals surface area (Å²) in [5.41, 5.74) is 1.68. The minimum absolute atomic E-state index is 0.0815. The predicted octanol–water partition coefficient (Wildman–Crippen LogP) is 9.76. The Labute approximate surface area is 260 Å². The summed E-state index contributed by atoms with van der Waals surface area (Å²) in [6.07, 6.45) is 19.5. The molecule has 0 aromatic heterocycles. The third-order valence-corrected chi connectivity index (χ3v) is 8.28. The summed E-state index contributed by atoms with van der Waals surface area (Å²) in [6, 6.07) is 15.9. The van der Waals surface area contributed by atoms with Gasteiger partial charge in [-0.05, 0) is 99.3 Å². The van der Waals surface area contributed by atoms with Gasteiger partial charge in [-0.1, -0.05) is 88.4 Å². The second-order valence-corrected chi connectivity index (χ2v) is 12.9. The van der Waals surface area contributed by atoms with Gasteiger partial charge in [0.15, 0.2) is 5.78 Å². The Morgan fingerprint density at radius 1 is 0.837 bits per heavy atom. The molecule has 3 atom stereocenters. The van der Waals surface area contributed by atoms with E-state index >= 15 is 0 Å². The number of nitrogens with zero attached hydrogens (tertiary/aromatic N) is 1. The maximum Gasteiger partial charge on any atom is 0.237 e. The first-order valence-corrected chi connectivity index (χ1v) is 16.2. The lowest BCUT2D eigenvalue weighted by Crippen LogP contribution is -2.30. The number of allylic oxidation sites excluding steroid dienone is 5. The molecule has 1 saturated heterocycles. The summed E-state index contributed by atoms with van der Waals surface area (Å²) in [4.78, 5) is 40.5. The zero-order chi connectivity index (χ0) is 31.2. The number of imide groups is 1. The van der Waals surface area contributed by atoms with E-state index < -0.39 is 0 Å². The molecule has 0 radical (unpaired) electrons. The monoisotopic (exact) mass is 581 g/mol. The average Bonchev–Trinajstić information content (AvgIpc) is 3.28. The van der Waals surface area contributed by atoms with Crippen LogP contribution in [0.3, 0.4) is 0 Å².